The average molecular weight is 154 g/mol. The van der Waals surface area contributed by atoms with E-state index in [0.717, 1.165) is 12.3 Å². The Morgan fingerprint density at radius 1 is 1.82 bits per heavy atom. The average Bonchev–Trinajstić information content (AvgIpc) is 1.93. The molecule has 0 aromatic carbocycles. The van der Waals surface area contributed by atoms with Gasteiger partial charge in [0.1, 0.15) is 5.82 Å². The van der Waals surface area contributed by atoms with Gasteiger partial charge in [0.25, 0.3) is 0 Å². The third kappa shape index (κ3) is 2.33. The zero-order chi connectivity index (χ0) is 8.27. The lowest BCUT2D eigenvalue weighted by atomic mass is 10.5. The molecule has 57 valence electrons. The SMILES string of the molecule is CC(=O)Oc1c[c]c(F)cn1. The Labute approximate surface area is 62.8 Å². The van der Waals surface area contributed by atoms with Crippen LogP contribution in [0.1, 0.15) is 6.92 Å². The predicted molar refractivity (Wildman–Crippen MR) is 34.3 cm³/mol. The first-order chi connectivity index (χ1) is 5.18. The zero-order valence-electron chi connectivity index (χ0n) is 5.80. The van der Waals surface area contributed by atoms with E-state index in [1.807, 2.05) is 0 Å². The predicted octanol–water partition coefficient (Wildman–Crippen LogP) is 0.946. The van der Waals surface area contributed by atoms with Crippen LogP contribution in [0.3, 0.4) is 0 Å². The maximum absolute atomic E-state index is 12.2. The zero-order valence-corrected chi connectivity index (χ0v) is 5.80. The summed E-state index contributed by atoms with van der Waals surface area (Å²) in [7, 11) is 0. The first kappa shape index (κ1) is 7.65. The Morgan fingerprint density at radius 3 is 3.00 bits per heavy atom. The van der Waals surface area contributed by atoms with Crippen molar-refractivity contribution in [3.63, 3.8) is 0 Å². The molecular weight excluding hydrogens is 149 g/mol. The van der Waals surface area contributed by atoms with E-state index < -0.39 is 11.8 Å². The first-order valence-electron chi connectivity index (χ1n) is 2.90. The van der Waals surface area contributed by atoms with Gasteiger partial charge in [-0.05, 0) is 0 Å². The Balaban J connectivity index is 2.74. The normalized spacial score (nSPS) is 9.27. The molecule has 1 heterocycles. The van der Waals surface area contributed by atoms with Crippen LogP contribution in [-0.4, -0.2) is 11.0 Å². The largest absolute Gasteiger partial charge is 0.408 e. The second-order valence-corrected chi connectivity index (χ2v) is 1.83. The van der Waals surface area contributed by atoms with Crippen molar-refractivity contribution in [2.45, 2.75) is 6.92 Å². The highest BCUT2D eigenvalue weighted by atomic mass is 19.1. The fourth-order valence-electron chi connectivity index (χ4n) is 0.529. The summed E-state index contributed by atoms with van der Waals surface area (Å²) in [6, 6.07) is 3.36. The van der Waals surface area contributed by atoms with Crippen molar-refractivity contribution in [3.05, 3.63) is 24.1 Å². The van der Waals surface area contributed by atoms with E-state index in [0.29, 0.717) is 0 Å². The summed E-state index contributed by atoms with van der Waals surface area (Å²) in [5, 5.41) is 0. The number of carbonyl (C=O) groups is 1. The first-order valence-corrected chi connectivity index (χ1v) is 2.90. The molecule has 1 aromatic rings. The third-order valence-electron chi connectivity index (χ3n) is 0.887. The molecule has 0 aliphatic rings. The lowest BCUT2D eigenvalue weighted by Crippen LogP contribution is -2.02. The quantitative estimate of drug-likeness (QED) is 0.565. The molecule has 0 N–H and O–H groups in total. The molecule has 0 bridgehead atoms. The number of hydrogen-bond donors (Lipinski definition) is 0. The van der Waals surface area contributed by atoms with E-state index in [-0.39, 0.29) is 5.88 Å². The van der Waals surface area contributed by atoms with Crippen molar-refractivity contribution < 1.29 is 13.9 Å². The van der Waals surface area contributed by atoms with Gasteiger partial charge in [-0.1, -0.05) is 0 Å². The van der Waals surface area contributed by atoms with Crippen molar-refractivity contribution in [2.75, 3.05) is 0 Å². The number of carbonyl (C=O) groups excluding carboxylic acids is 1. The number of nitrogens with zero attached hydrogens (tertiary/aromatic N) is 1. The Hall–Kier alpha value is -1.45. The Kier molecular flexibility index (Phi) is 2.15. The van der Waals surface area contributed by atoms with Gasteiger partial charge in [-0.3, -0.25) is 4.79 Å². The number of esters is 1. The van der Waals surface area contributed by atoms with E-state index in [4.69, 9.17) is 0 Å². The summed E-state index contributed by atoms with van der Waals surface area (Å²) in [5.74, 6) is -1.02. The third-order valence-corrected chi connectivity index (χ3v) is 0.887. The van der Waals surface area contributed by atoms with Crippen molar-refractivity contribution >= 4 is 5.97 Å². The summed E-state index contributed by atoms with van der Waals surface area (Å²) < 4.78 is 16.7. The molecule has 0 spiro atoms. The van der Waals surface area contributed by atoms with Gasteiger partial charge in [0.2, 0.25) is 5.88 Å². The lowest BCUT2D eigenvalue weighted by molar-refractivity contribution is -0.132. The minimum atomic E-state index is -0.582. The van der Waals surface area contributed by atoms with Gasteiger partial charge in [0.15, 0.2) is 0 Å². The maximum atomic E-state index is 12.2. The molecule has 1 radical (unpaired) electrons. The molecule has 4 heteroatoms. The van der Waals surface area contributed by atoms with Gasteiger partial charge in [-0.25, -0.2) is 9.37 Å². The standard InChI is InChI=1S/C7H5FNO2/c1-5(10)11-7-3-2-6(8)4-9-7/h3-4H,1H3. The van der Waals surface area contributed by atoms with Crippen LogP contribution in [0.15, 0.2) is 12.3 Å². The smallest absolute Gasteiger partial charge is 0.309 e. The summed E-state index contributed by atoms with van der Waals surface area (Å²) in [4.78, 5) is 13.8. The molecule has 0 aliphatic heterocycles. The fourth-order valence-corrected chi connectivity index (χ4v) is 0.529. The topological polar surface area (TPSA) is 39.2 Å². The highest BCUT2D eigenvalue weighted by Gasteiger charge is 1.98. The maximum Gasteiger partial charge on any atom is 0.309 e. The van der Waals surface area contributed by atoms with Crippen LogP contribution in [0.25, 0.3) is 0 Å². The Morgan fingerprint density at radius 2 is 2.55 bits per heavy atom. The molecule has 0 atom stereocenters. The van der Waals surface area contributed by atoms with E-state index in [2.05, 4.69) is 15.8 Å². The van der Waals surface area contributed by atoms with E-state index >= 15 is 0 Å². The van der Waals surface area contributed by atoms with Crippen molar-refractivity contribution in [1.82, 2.24) is 4.98 Å². The van der Waals surface area contributed by atoms with Crippen molar-refractivity contribution in [2.24, 2.45) is 0 Å². The minimum Gasteiger partial charge on any atom is -0.408 e. The van der Waals surface area contributed by atoms with Gasteiger partial charge >= 0.3 is 5.97 Å². The minimum absolute atomic E-state index is 0.0545. The molecule has 0 saturated heterocycles. The van der Waals surface area contributed by atoms with Gasteiger partial charge in [-0.2, -0.15) is 0 Å². The molecule has 0 aliphatic carbocycles. The van der Waals surface area contributed by atoms with Crippen LogP contribution >= 0.6 is 0 Å². The van der Waals surface area contributed by atoms with Gasteiger partial charge in [-0.15, -0.1) is 0 Å². The second kappa shape index (κ2) is 3.09. The van der Waals surface area contributed by atoms with Crippen LogP contribution < -0.4 is 4.74 Å². The molecular formula is C7H5FNO2. The summed E-state index contributed by atoms with van der Waals surface area (Å²) in [6.07, 6.45) is 0.929. The summed E-state index contributed by atoms with van der Waals surface area (Å²) in [6.45, 7) is 1.24. The molecule has 11 heavy (non-hydrogen) atoms. The van der Waals surface area contributed by atoms with E-state index in [9.17, 15) is 9.18 Å². The second-order valence-electron chi connectivity index (χ2n) is 1.83. The van der Waals surface area contributed by atoms with E-state index in [1.54, 1.807) is 0 Å². The highest BCUT2D eigenvalue weighted by Crippen LogP contribution is 2.04. The Bertz CT molecular complexity index is 258. The summed E-state index contributed by atoms with van der Waals surface area (Å²) in [5.41, 5.74) is 0. The van der Waals surface area contributed by atoms with Crippen LogP contribution in [0.2, 0.25) is 0 Å². The lowest BCUT2D eigenvalue weighted by Gasteiger charge is -1.96. The van der Waals surface area contributed by atoms with Crippen LogP contribution in [0.4, 0.5) is 4.39 Å². The number of ether oxygens (including phenoxy) is 1. The highest BCUT2D eigenvalue weighted by molar-refractivity contribution is 5.68. The van der Waals surface area contributed by atoms with Crippen LogP contribution in [0.5, 0.6) is 5.88 Å². The van der Waals surface area contributed by atoms with Crippen LogP contribution in [-0.2, 0) is 4.79 Å². The monoisotopic (exact) mass is 154 g/mol. The molecule has 0 fully saturated rings. The molecule has 1 rings (SSSR count). The van der Waals surface area contributed by atoms with Crippen molar-refractivity contribution in [1.29, 1.82) is 0 Å². The van der Waals surface area contributed by atoms with Crippen LogP contribution in [0, 0.1) is 11.9 Å². The van der Waals surface area contributed by atoms with Gasteiger partial charge < -0.3 is 4.74 Å². The van der Waals surface area contributed by atoms with Crippen molar-refractivity contribution in [3.8, 4) is 5.88 Å². The molecule has 1 aromatic heterocycles. The van der Waals surface area contributed by atoms with Gasteiger partial charge in [0.05, 0.1) is 6.20 Å². The molecule has 0 saturated carbocycles. The van der Waals surface area contributed by atoms with Gasteiger partial charge in [0, 0.05) is 19.1 Å². The van der Waals surface area contributed by atoms with E-state index in [1.165, 1.54) is 6.92 Å². The molecule has 0 unspecified atom stereocenters. The summed E-state index contributed by atoms with van der Waals surface area (Å²) >= 11 is 0. The number of hydrogen-bond acceptors (Lipinski definition) is 3. The molecule has 0 amide bonds. The number of halogens is 1. The molecule has 3 nitrogen and oxygen atoms in total. The fraction of sp³-hybridized carbons (Fsp3) is 0.143. The number of rotatable bonds is 1. The number of pyridine rings is 1. The number of aromatic nitrogens is 1.